The van der Waals surface area contributed by atoms with Gasteiger partial charge in [0.2, 0.25) is 0 Å². The summed E-state index contributed by atoms with van der Waals surface area (Å²) in [4.78, 5) is 13.5. The molecule has 40 heavy (non-hydrogen) atoms. The Morgan fingerprint density at radius 3 is 2.00 bits per heavy atom. The summed E-state index contributed by atoms with van der Waals surface area (Å²) in [7, 11) is -0.393. The van der Waals surface area contributed by atoms with Gasteiger partial charge in [-0.1, -0.05) is 58.5 Å². The van der Waals surface area contributed by atoms with Crippen molar-refractivity contribution in [2.24, 2.45) is 0 Å². The van der Waals surface area contributed by atoms with Gasteiger partial charge in [0.05, 0.1) is 25.3 Å². The molecule has 0 N–H and O–H groups in total. The van der Waals surface area contributed by atoms with Crippen molar-refractivity contribution in [3.63, 3.8) is 0 Å². The lowest BCUT2D eigenvalue weighted by atomic mass is 10.1. The molecular weight excluding hydrogens is 531 g/mol. The summed E-state index contributed by atoms with van der Waals surface area (Å²) in [5, 5.41) is 1.38. The van der Waals surface area contributed by atoms with Gasteiger partial charge < -0.3 is 18.5 Å². The van der Waals surface area contributed by atoms with Gasteiger partial charge in [-0.15, -0.1) is 5.54 Å². The molecule has 0 saturated carbocycles. The van der Waals surface area contributed by atoms with Gasteiger partial charge in [-0.3, -0.25) is 4.79 Å². The molecule has 0 fully saturated rings. The summed E-state index contributed by atoms with van der Waals surface area (Å²) in [6.07, 6.45) is 0. The highest BCUT2D eigenvalue weighted by Gasteiger charge is 2.40. The van der Waals surface area contributed by atoms with Crippen LogP contribution in [0, 0.1) is 11.5 Å². The number of rotatable bonds is 6. The SMILES string of the molecule is COc1cc(Cn2c3ccccc3c(=O)c3ccc(C#C[Si](C)(C)C)cc32)cc(OC)c1O[Si](C)(C)C(C)(C)C. The van der Waals surface area contributed by atoms with Gasteiger partial charge in [0.1, 0.15) is 8.07 Å². The summed E-state index contributed by atoms with van der Waals surface area (Å²) in [5.74, 6) is 5.26. The zero-order chi connectivity index (χ0) is 29.5. The first-order valence-corrected chi connectivity index (χ1v) is 20.1. The number of hydrogen-bond acceptors (Lipinski definition) is 4. The lowest BCUT2D eigenvalue weighted by molar-refractivity contribution is 0.353. The van der Waals surface area contributed by atoms with E-state index in [4.69, 9.17) is 13.9 Å². The van der Waals surface area contributed by atoms with Gasteiger partial charge in [0.25, 0.3) is 8.32 Å². The van der Waals surface area contributed by atoms with Crippen molar-refractivity contribution < 1.29 is 13.9 Å². The van der Waals surface area contributed by atoms with Gasteiger partial charge in [-0.2, -0.15) is 0 Å². The number of methoxy groups -OCH3 is 2. The average Bonchev–Trinajstić information content (AvgIpc) is 2.89. The minimum absolute atomic E-state index is 0.0194. The molecule has 1 aromatic heterocycles. The topological polar surface area (TPSA) is 49.7 Å². The minimum Gasteiger partial charge on any atom is -0.539 e. The van der Waals surface area contributed by atoms with Gasteiger partial charge in [-0.05, 0) is 66.2 Å². The van der Waals surface area contributed by atoms with Crippen LogP contribution >= 0.6 is 0 Å². The minimum atomic E-state index is -2.15. The first-order valence-electron chi connectivity index (χ1n) is 13.7. The first kappa shape index (κ1) is 29.5. The van der Waals surface area contributed by atoms with E-state index in [0.29, 0.717) is 34.6 Å². The standard InChI is InChI=1S/C33H41NO4Si2/c1-33(2,3)40(9,10)38-32-29(36-4)20-24(21-30(32)37-5)22-34-27-14-12-11-13-25(27)31(35)26-16-15-23(19-28(26)34)17-18-39(6,7)8/h11-16,19-21H,22H2,1-10H3. The Morgan fingerprint density at radius 2 is 1.43 bits per heavy atom. The quantitative estimate of drug-likeness (QED) is 0.134. The summed E-state index contributed by atoms with van der Waals surface area (Å²) < 4.78 is 20.6. The van der Waals surface area contributed by atoms with Crippen molar-refractivity contribution in [3.8, 4) is 28.7 Å². The molecular formula is C33H41NO4Si2. The number of nitrogens with zero attached hydrogens (tertiary/aromatic N) is 1. The van der Waals surface area contributed by atoms with Crippen LogP contribution in [-0.2, 0) is 6.54 Å². The predicted octanol–water partition coefficient (Wildman–Crippen LogP) is 7.83. The number of aromatic nitrogens is 1. The number of pyridine rings is 1. The molecule has 0 amide bonds. The molecule has 5 nitrogen and oxygen atoms in total. The van der Waals surface area contributed by atoms with Crippen molar-refractivity contribution in [3.05, 3.63) is 75.9 Å². The van der Waals surface area contributed by atoms with Crippen LogP contribution in [-0.4, -0.2) is 35.2 Å². The lowest BCUT2D eigenvalue weighted by Gasteiger charge is -2.37. The molecule has 4 rings (SSSR count). The molecule has 3 aromatic carbocycles. The number of para-hydroxylation sites is 1. The molecule has 0 aliphatic heterocycles. The molecule has 0 aliphatic rings. The average molecular weight is 572 g/mol. The first-order chi connectivity index (χ1) is 18.6. The second kappa shape index (κ2) is 10.8. The Bertz CT molecular complexity index is 1670. The molecule has 1 heterocycles. The van der Waals surface area contributed by atoms with E-state index < -0.39 is 16.4 Å². The third kappa shape index (κ3) is 5.98. The zero-order valence-corrected chi connectivity index (χ0v) is 27.5. The van der Waals surface area contributed by atoms with E-state index in [0.717, 1.165) is 22.2 Å². The van der Waals surface area contributed by atoms with Crippen LogP contribution in [0.15, 0.2) is 59.4 Å². The van der Waals surface area contributed by atoms with E-state index in [1.807, 2.05) is 54.6 Å². The van der Waals surface area contributed by atoms with Crippen LogP contribution < -0.4 is 19.3 Å². The van der Waals surface area contributed by atoms with Crippen LogP contribution in [0.2, 0.25) is 37.8 Å². The van der Waals surface area contributed by atoms with E-state index in [1.54, 1.807) is 14.2 Å². The molecule has 0 unspecified atom stereocenters. The number of ether oxygens (including phenoxy) is 2. The molecule has 0 radical (unpaired) electrons. The summed E-state index contributed by atoms with van der Waals surface area (Å²) >= 11 is 0. The molecule has 0 saturated heterocycles. The van der Waals surface area contributed by atoms with E-state index in [1.165, 1.54) is 0 Å². The van der Waals surface area contributed by atoms with Crippen LogP contribution in [0.1, 0.15) is 31.9 Å². The van der Waals surface area contributed by atoms with E-state index in [-0.39, 0.29) is 10.5 Å². The van der Waals surface area contributed by atoms with Crippen molar-refractivity contribution in [2.45, 2.75) is 65.1 Å². The fourth-order valence-corrected chi connectivity index (χ4v) is 5.88. The summed E-state index contributed by atoms with van der Waals surface area (Å²) in [6, 6.07) is 17.7. The lowest BCUT2D eigenvalue weighted by Crippen LogP contribution is -2.44. The highest BCUT2D eigenvalue weighted by atomic mass is 28.4. The molecule has 0 atom stereocenters. The molecule has 0 aliphatic carbocycles. The third-order valence-electron chi connectivity index (χ3n) is 7.58. The van der Waals surface area contributed by atoms with Crippen LogP contribution in [0.3, 0.4) is 0 Å². The van der Waals surface area contributed by atoms with Crippen LogP contribution in [0.4, 0.5) is 0 Å². The fourth-order valence-electron chi connectivity index (χ4n) is 4.35. The Balaban J connectivity index is 1.92. The molecule has 0 spiro atoms. The van der Waals surface area contributed by atoms with Crippen LogP contribution in [0.25, 0.3) is 21.8 Å². The highest BCUT2D eigenvalue weighted by Crippen LogP contribution is 2.45. The Kier molecular flexibility index (Phi) is 7.99. The maximum atomic E-state index is 13.5. The van der Waals surface area contributed by atoms with Gasteiger partial charge in [0.15, 0.2) is 22.7 Å². The molecule has 210 valence electrons. The fraction of sp³-hybridized carbons (Fsp3) is 0.364. The van der Waals surface area contributed by atoms with Gasteiger partial charge >= 0.3 is 0 Å². The molecule has 0 bridgehead atoms. The Hall–Kier alpha value is -3.48. The zero-order valence-electron chi connectivity index (χ0n) is 25.5. The number of benzene rings is 3. The monoisotopic (exact) mass is 571 g/mol. The molecule has 4 aromatic rings. The second-order valence-electron chi connectivity index (χ2n) is 12.9. The van der Waals surface area contributed by atoms with E-state index >= 15 is 0 Å². The highest BCUT2D eigenvalue weighted by molar-refractivity contribution is 6.83. The largest absolute Gasteiger partial charge is 0.539 e. The Morgan fingerprint density at radius 1 is 0.825 bits per heavy atom. The van der Waals surface area contributed by atoms with Crippen molar-refractivity contribution in [1.82, 2.24) is 4.57 Å². The maximum Gasteiger partial charge on any atom is 0.250 e. The summed E-state index contributed by atoms with van der Waals surface area (Å²) in [6.45, 7) is 18.2. The maximum absolute atomic E-state index is 13.5. The number of fused-ring (bicyclic) bond motifs is 2. The predicted molar refractivity (Wildman–Crippen MR) is 172 cm³/mol. The van der Waals surface area contributed by atoms with E-state index in [2.05, 4.69) is 69.5 Å². The smallest absolute Gasteiger partial charge is 0.250 e. The van der Waals surface area contributed by atoms with Gasteiger partial charge in [0, 0.05) is 22.9 Å². The Labute approximate surface area is 240 Å². The molecule has 7 heteroatoms. The van der Waals surface area contributed by atoms with Crippen LogP contribution in [0.5, 0.6) is 17.2 Å². The summed E-state index contributed by atoms with van der Waals surface area (Å²) in [5.41, 5.74) is 7.08. The van der Waals surface area contributed by atoms with Crippen molar-refractivity contribution in [2.75, 3.05) is 14.2 Å². The third-order valence-corrected chi connectivity index (χ3v) is 12.8. The second-order valence-corrected chi connectivity index (χ2v) is 22.3. The number of hydrogen-bond donors (Lipinski definition) is 0. The normalized spacial score (nSPS) is 12.2. The van der Waals surface area contributed by atoms with Crippen molar-refractivity contribution in [1.29, 1.82) is 0 Å². The van der Waals surface area contributed by atoms with E-state index in [9.17, 15) is 4.79 Å². The van der Waals surface area contributed by atoms with Gasteiger partial charge in [-0.25, -0.2) is 0 Å². The van der Waals surface area contributed by atoms with Crippen molar-refractivity contribution >= 4 is 38.2 Å².